The van der Waals surface area contributed by atoms with Crippen LogP contribution in [0.3, 0.4) is 0 Å². The van der Waals surface area contributed by atoms with E-state index in [0.717, 1.165) is 23.1 Å². The maximum atomic E-state index is 12.8. The molecule has 3 rings (SSSR count). The predicted octanol–water partition coefficient (Wildman–Crippen LogP) is 3.73. The first kappa shape index (κ1) is 20.7. The van der Waals surface area contributed by atoms with Gasteiger partial charge in [0.15, 0.2) is 0 Å². The van der Waals surface area contributed by atoms with Crippen molar-refractivity contribution in [3.63, 3.8) is 0 Å². The summed E-state index contributed by atoms with van der Waals surface area (Å²) in [4.78, 5) is 38.1. The Bertz CT molecular complexity index is 969. The quantitative estimate of drug-likeness (QED) is 0.560. The largest absolute Gasteiger partial charge is 0.478 e. The van der Waals surface area contributed by atoms with Crippen molar-refractivity contribution >= 4 is 40.9 Å². The molecule has 1 aliphatic rings. The number of nitrogens with zero attached hydrogens (tertiary/aromatic N) is 1. The van der Waals surface area contributed by atoms with Crippen LogP contribution in [0.15, 0.2) is 65.1 Å². The van der Waals surface area contributed by atoms with E-state index in [1.807, 2.05) is 35.2 Å². The summed E-state index contributed by atoms with van der Waals surface area (Å²) in [5.74, 6) is -1.24. The number of hydrogen-bond acceptors (Lipinski definition) is 4. The number of fused-ring (bicyclic) bond motifs is 1. The molecule has 0 fully saturated rings. The van der Waals surface area contributed by atoms with E-state index in [1.165, 1.54) is 24.2 Å². The van der Waals surface area contributed by atoms with Gasteiger partial charge in [-0.25, -0.2) is 4.79 Å². The third-order valence-corrected chi connectivity index (χ3v) is 5.64. The van der Waals surface area contributed by atoms with Crippen LogP contribution in [-0.2, 0) is 20.8 Å². The van der Waals surface area contributed by atoms with Crippen LogP contribution in [0.5, 0.6) is 0 Å². The second-order valence-corrected chi connectivity index (χ2v) is 7.93. The molecule has 7 heteroatoms. The number of hydrogen-bond donors (Lipinski definition) is 2. The second-order valence-electron chi connectivity index (χ2n) is 6.88. The van der Waals surface area contributed by atoms with Crippen LogP contribution >= 0.6 is 11.8 Å². The van der Waals surface area contributed by atoms with Crippen LogP contribution in [0.1, 0.15) is 19.4 Å². The van der Waals surface area contributed by atoms with Gasteiger partial charge in [0, 0.05) is 34.0 Å². The first-order valence-corrected chi connectivity index (χ1v) is 10.2. The molecular formula is C22H22N2O4S. The summed E-state index contributed by atoms with van der Waals surface area (Å²) in [6, 6.07) is 15.2. The van der Waals surface area contributed by atoms with Crippen molar-refractivity contribution in [1.29, 1.82) is 0 Å². The normalized spacial score (nSPS) is 15.7. The molecule has 0 saturated carbocycles. The molecule has 2 amide bonds. The number of aliphatic carboxylic acids is 1. The Morgan fingerprint density at radius 2 is 1.86 bits per heavy atom. The van der Waals surface area contributed by atoms with Crippen LogP contribution in [0, 0.1) is 0 Å². The molecule has 0 spiro atoms. The smallest absolute Gasteiger partial charge is 0.331 e. The molecule has 2 aromatic carbocycles. The number of carboxylic acids is 1. The Hall–Kier alpha value is -3.06. The molecular weight excluding hydrogens is 388 g/mol. The SMILES string of the molecule is C/C(=C\C(=O)Nc1ccc(SCC(=O)N2c3ccccc3C[C@H]2C)cc1)C(=O)O. The Balaban J connectivity index is 1.57. The van der Waals surface area contributed by atoms with Crippen LogP contribution < -0.4 is 10.2 Å². The molecule has 1 atom stereocenters. The van der Waals surface area contributed by atoms with E-state index in [2.05, 4.69) is 18.3 Å². The van der Waals surface area contributed by atoms with Crippen LogP contribution in [0.4, 0.5) is 11.4 Å². The Morgan fingerprint density at radius 3 is 2.55 bits per heavy atom. The lowest BCUT2D eigenvalue weighted by molar-refractivity contribution is -0.132. The number of carbonyl (C=O) groups excluding carboxylic acids is 2. The van der Waals surface area contributed by atoms with E-state index < -0.39 is 11.9 Å². The van der Waals surface area contributed by atoms with Gasteiger partial charge in [-0.15, -0.1) is 11.8 Å². The molecule has 0 bridgehead atoms. The molecule has 6 nitrogen and oxygen atoms in total. The minimum atomic E-state index is -1.13. The van der Waals surface area contributed by atoms with Gasteiger partial charge in [-0.1, -0.05) is 18.2 Å². The standard InChI is InChI=1S/C22H22N2O4S/c1-14(22(27)28)11-20(25)23-17-7-9-18(10-8-17)29-13-21(26)24-15(2)12-16-5-3-4-6-19(16)24/h3-11,15H,12-13H2,1-2H3,(H,23,25)(H,27,28)/b14-11+/t15-/m1/s1. The fourth-order valence-corrected chi connectivity index (χ4v) is 3.99. The van der Waals surface area contributed by atoms with E-state index in [9.17, 15) is 14.4 Å². The summed E-state index contributed by atoms with van der Waals surface area (Å²) in [7, 11) is 0. The molecule has 0 aliphatic carbocycles. The Labute approximate surface area is 173 Å². The van der Waals surface area contributed by atoms with Gasteiger partial charge in [-0.3, -0.25) is 9.59 Å². The van der Waals surface area contributed by atoms with Crippen LogP contribution in [0.2, 0.25) is 0 Å². The van der Waals surface area contributed by atoms with E-state index in [1.54, 1.807) is 12.1 Å². The summed E-state index contributed by atoms with van der Waals surface area (Å²) in [6.07, 6.45) is 1.91. The number of para-hydroxylation sites is 1. The number of amides is 2. The van der Waals surface area contributed by atoms with Crippen molar-refractivity contribution in [2.45, 2.75) is 31.2 Å². The lowest BCUT2D eigenvalue weighted by Crippen LogP contribution is -2.36. The van der Waals surface area contributed by atoms with Crippen molar-refractivity contribution in [2.24, 2.45) is 0 Å². The van der Waals surface area contributed by atoms with E-state index in [4.69, 9.17) is 5.11 Å². The molecule has 1 heterocycles. The maximum absolute atomic E-state index is 12.8. The van der Waals surface area contributed by atoms with E-state index in [-0.39, 0.29) is 17.5 Å². The number of nitrogens with one attached hydrogen (secondary N) is 1. The number of benzene rings is 2. The molecule has 1 aliphatic heterocycles. The van der Waals surface area contributed by atoms with Gasteiger partial charge in [0.25, 0.3) is 0 Å². The summed E-state index contributed by atoms with van der Waals surface area (Å²) >= 11 is 1.44. The number of rotatable bonds is 6. The summed E-state index contributed by atoms with van der Waals surface area (Å²) in [5.41, 5.74) is 2.71. The molecule has 150 valence electrons. The van der Waals surface area contributed by atoms with E-state index >= 15 is 0 Å². The maximum Gasteiger partial charge on any atom is 0.331 e. The van der Waals surface area contributed by atoms with Gasteiger partial charge < -0.3 is 15.3 Å². The zero-order valence-corrected chi connectivity index (χ0v) is 17.0. The van der Waals surface area contributed by atoms with Crippen molar-refractivity contribution in [2.75, 3.05) is 16.0 Å². The van der Waals surface area contributed by atoms with Gasteiger partial charge in [0.05, 0.1) is 5.75 Å². The highest BCUT2D eigenvalue weighted by Crippen LogP contribution is 2.33. The van der Waals surface area contributed by atoms with Gasteiger partial charge in [0.1, 0.15) is 0 Å². The zero-order chi connectivity index (χ0) is 21.0. The van der Waals surface area contributed by atoms with Crippen molar-refractivity contribution in [3.05, 3.63) is 65.7 Å². The highest BCUT2D eigenvalue weighted by molar-refractivity contribution is 8.00. The molecule has 0 radical (unpaired) electrons. The molecule has 0 aromatic heterocycles. The summed E-state index contributed by atoms with van der Waals surface area (Å²) in [5, 5.41) is 11.4. The monoisotopic (exact) mass is 410 g/mol. The lowest BCUT2D eigenvalue weighted by Gasteiger charge is -2.22. The second kappa shape index (κ2) is 8.96. The molecule has 2 aromatic rings. The summed E-state index contributed by atoms with van der Waals surface area (Å²) in [6.45, 7) is 3.42. The van der Waals surface area contributed by atoms with Crippen molar-refractivity contribution < 1.29 is 19.5 Å². The predicted molar refractivity (Wildman–Crippen MR) is 114 cm³/mol. The fraction of sp³-hybridized carbons (Fsp3) is 0.227. The highest BCUT2D eigenvalue weighted by Gasteiger charge is 2.30. The highest BCUT2D eigenvalue weighted by atomic mass is 32.2. The number of carbonyl (C=O) groups is 3. The molecule has 0 unspecified atom stereocenters. The zero-order valence-electron chi connectivity index (χ0n) is 16.2. The number of carboxylic acid groups (broad SMARTS) is 1. The van der Waals surface area contributed by atoms with Gasteiger partial charge in [-0.2, -0.15) is 0 Å². The Kier molecular flexibility index (Phi) is 6.39. The average Bonchev–Trinajstić information content (AvgIpc) is 3.02. The van der Waals surface area contributed by atoms with Crippen molar-refractivity contribution in [1.82, 2.24) is 0 Å². The first-order valence-electron chi connectivity index (χ1n) is 9.20. The molecule has 29 heavy (non-hydrogen) atoms. The topological polar surface area (TPSA) is 86.7 Å². The van der Waals surface area contributed by atoms with E-state index in [0.29, 0.717) is 11.4 Å². The number of anilines is 2. The fourth-order valence-electron chi connectivity index (χ4n) is 3.23. The Morgan fingerprint density at radius 1 is 1.17 bits per heavy atom. The third-order valence-electron chi connectivity index (χ3n) is 4.65. The molecule has 0 saturated heterocycles. The minimum absolute atomic E-state index is 0.0362. The third kappa shape index (κ3) is 5.06. The van der Waals surface area contributed by atoms with Gasteiger partial charge in [0.2, 0.25) is 11.8 Å². The van der Waals surface area contributed by atoms with Gasteiger partial charge in [-0.05, 0) is 56.2 Å². The van der Waals surface area contributed by atoms with Crippen LogP contribution in [-0.4, -0.2) is 34.7 Å². The minimum Gasteiger partial charge on any atom is -0.478 e. The van der Waals surface area contributed by atoms with Crippen LogP contribution in [0.25, 0.3) is 0 Å². The molecule has 2 N–H and O–H groups in total. The summed E-state index contributed by atoms with van der Waals surface area (Å²) < 4.78 is 0. The van der Waals surface area contributed by atoms with Crippen molar-refractivity contribution in [3.8, 4) is 0 Å². The number of thioether (sulfide) groups is 1. The first-order chi connectivity index (χ1) is 13.8. The van der Waals surface area contributed by atoms with Gasteiger partial charge >= 0.3 is 5.97 Å². The average molecular weight is 410 g/mol. The lowest BCUT2D eigenvalue weighted by atomic mass is 10.1.